The second kappa shape index (κ2) is 2.35. The Bertz CT molecular complexity index is 172. The molecule has 0 fully saturated rings. The zero-order chi connectivity index (χ0) is 6.69. The monoisotopic (exact) mass is 125 g/mol. The summed E-state index contributed by atoms with van der Waals surface area (Å²) >= 11 is 0. The third-order valence-electron chi connectivity index (χ3n) is 0.896. The van der Waals surface area contributed by atoms with Crippen molar-refractivity contribution in [2.24, 2.45) is 0 Å². The second-order valence-electron chi connectivity index (χ2n) is 1.62. The van der Waals surface area contributed by atoms with Gasteiger partial charge in [0.1, 0.15) is 6.26 Å². The second-order valence-corrected chi connectivity index (χ2v) is 1.62. The first-order valence-corrected chi connectivity index (χ1v) is 2.60. The molecule has 0 atom stereocenters. The summed E-state index contributed by atoms with van der Waals surface area (Å²) in [5, 5.41) is 1.15. The molecule has 1 heterocycles. The lowest BCUT2D eigenvalue weighted by Gasteiger charge is -2.14. The predicted molar refractivity (Wildman–Crippen MR) is 31.9 cm³/mol. The van der Waals surface area contributed by atoms with Gasteiger partial charge in [0.25, 0.3) is 5.91 Å². The Morgan fingerprint density at radius 2 is 2.33 bits per heavy atom. The van der Waals surface area contributed by atoms with Crippen LogP contribution >= 0.6 is 0 Å². The average molecular weight is 125 g/mol. The molecule has 1 aliphatic heterocycles. The number of carbonyl (C=O) groups is 1. The Kier molecular flexibility index (Phi) is 1.53. The Hall–Kier alpha value is -1.25. The van der Waals surface area contributed by atoms with E-state index in [0.717, 1.165) is 5.06 Å². The molecule has 9 heavy (non-hydrogen) atoms. The van der Waals surface area contributed by atoms with Crippen LogP contribution in [-0.4, -0.2) is 11.0 Å². The summed E-state index contributed by atoms with van der Waals surface area (Å²) in [6.07, 6.45) is 6.44. The lowest BCUT2D eigenvalue weighted by atomic mass is 10.5. The Morgan fingerprint density at radius 1 is 1.56 bits per heavy atom. The molecule has 1 aliphatic rings. The van der Waals surface area contributed by atoms with E-state index in [2.05, 4.69) is 0 Å². The molecular formula is C6H7NO2. The van der Waals surface area contributed by atoms with Crippen LogP contribution in [0.5, 0.6) is 0 Å². The fourth-order valence-corrected chi connectivity index (χ4v) is 0.488. The molecule has 0 radical (unpaired) electrons. The fourth-order valence-electron chi connectivity index (χ4n) is 0.488. The Labute approximate surface area is 53.2 Å². The minimum atomic E-state index is -0.129. The standard InChI is InChI=1S/C6H7NO2/c1-6(8)7-4-2-3-5-9-7/h2-5H,1H3. The van der Waals surface area contributed by atoms with Gasteiger partial charge in [-0.15, -0.1) is 0 Å². The fraction of sp³-hybridized carbons (Fsp3) is 0.167. The van der Waals surface area contributed by atoms with Gasteiger partial charge in [-0.3, -0.25) is 4.79 Å². The molecule has 0 bridgehead atoms. The van der Waals surface area contributed by atoms with Gasteiger partial charge in [0.2, 0.25) is 0 Å². The lowest BCUT2D eigenvalue weighted by Crippen LogP contribution is -2.21. The Morgan fingerprint density at radius 3 is 2.67 bits per heavy atom. The molecule has 48 valence electrons. The van der Waals surface area contributed by atoms with Gasteiger partial charge >= 0.3 is 0 Å². The third-order valence-corrected chi connectivity index (χ3v) is 0.896. The summed E-state index contributed by atoms with van der Waals surface area (Å²) < 4.78 is 0. The highest BCUT2D eigenvalue weighted by molar-refractivity contribution is 5.73. The van der Waals surface area contributed by atoms with Crippen molar-refractivity contribution in [1.82, 2.24) is 5.06 Å². The van der Waals surface area contributed by atoms with Crippen molar-refractivity contribution in [3.05, 3.63) is 24.6 Å². The van der Waals surface area contributed by atoms with E-state index in [-0.39, 0.29) is 5.91 Å². The summed E-state index contributed by atoms with van der Waals surface area (Å²) in [5.41, 5.74) is 0. The SMILES string of the molecule is CC(=O)N1C=CC=CO1. The largest absolute Gasteiger partial charge is 0.380 e. The number of hydroxylamine groups is 2. The predicted octanol–water partition coefficient (Wildman–Crippen LogP) is 0.808. The molecule has 0 aromatic rings. The van der Waals surface area contributed by atoms with Gasteiger partial charge in [0, 0.05) is 13.1 Å². The van der Waals surface area contributed by atoms with E-state index in [1.54, 1.807) is 18.4 Å². The summed E-state index contributed by atoms with van der Waals surface area (Å²) in [6, 6.07) is 0. The maximum atomic E-state index is 10.5. The molecule has 0 unspecified atom stereocenters. The number of allylic oxidation sites excluding steroid dienone is 2. The lowest BCUT2D eigenvalue weighted by molar-refractivity contribution is -0.153. The van der Waals surface area contributed by atoms with Crippen LogP contribution in [0.2, 0.25) is 0 Å². The van der Waals surface area contributed by atoms with Gasteiger partial charge in [0.15, 0.2) is 0 Å². The molecule has 3 heteroatoms. The quantitative estimate of drug-likeness (QED) is 0.479. The maximum absolute atomic E-state index is 10.5. The van der Waals surface area contributed by atoms with Gasteiger partial charge in [-0.25, -0.2) is 0 Å². The van der Waals surface area contributed by atoms with Gasteiger partial charge < -0.3 is 4.84 Å². The normalized spacial score (nSPS) is 15.4. The number of hydrogen-bond donors (Lipinski definition) is 0. The molecule has 1 amide bonds. The Balaban J connectivity index is 2.56. The summed E-state index contributed by atoms with van der Waals surface area (Å²) in [4.78, 5) is 15.3. The molecule has 0 spiro atoms. The van der Waals surface area contributed by atoms with Crippen LogP contribution in [0.1, 0.15) is 6.92 Å². The van der Waals surface area contributed by atoms with Crippen LogP contribution in [0.15, 0.2) is 24.6 Å². The molecule has 3 nitrogen and oxygen atoms in total. The zero-order valence-electron chi connectivity index (χ0n) is 5.07. The van der Waals surface area contributed by atoms with Crippen LogP contribution < -0.4 is 0 Å². The maximum Gasteiger partial charge on any atom is 0.256 e. The van der Waals surface area contributed by atoms with Gasteiger partial charge in [-0.05, 0) is 12.2 Å². The number of amides is 1. The zero-order valence-corrected chi connectivity index (χ0v) is 5.07. The van der Waals surface area contributed by atoms with E-state index in [1.807, 2.05) is 0 Å². The molecule has 0 saturated heterocycles. The summed E-state index contributed by atoms with van der Waals surface area (Å²) in [6.45, 7) is 1.43. The van der Waals surface area contributed by atoms with Crippen LogP contribution in [0.4, 0.5) is 0 Å². The van der Waals surface area contributed by atoms with E-state index in [1.165, 1.54) is 13.2 Å². The number of nitrogens with zero attached hydrogens (tertiary/aromatic N) is 1. The number of hydrogen-bond acceptors (Lipinski definition) is 2. The molecule has 0 aromatic carbocycles. The van der Waals surface area contributed by atoms with Crippen molar-refractivity contribution >= 4 is 5.91 Å². The van der Waals surface area contributed by atoms with Crippen LogP contribution in [0, 0.1) is 0 Å². The molecule has 1 rings (SSSR count). The van der Waals surface area contributed by atoms with Gasteiger partial charge in [0.05, 0.1) is 0 Å². The van der Waals surface area contributed by atoms with Crippen molar-refractivity contribution in [2.45, 2.75) is 6.92 Å². The molecule has 0 aromatic heterocycles. The van der Waals surface area contributed by atoms with Gasteiger partial charge in [-0.2, -0.15) is 5.06 Å². The van der Waals surface area contributed by atoms with E-state index in [0.29, 0.717) is 0 Å². The van der Waals surface area contributed by atoms with Crippen LogP contribution in [0.25, 0.3) is 0 Å². The van der Waals surface area contributed by atoms with E-state index < -0.39 is 0 Å². The topological polar surface area (TPSA) is 29.5 Å². The average Bonchev–Trinajstić information content (AvgIpc) is 1.90. The minimum Gasteiger partial charge on any atom is -0.380 e. The summed E-state index contributed by atoms with van der Waals surface area (Å²) in [5.74, 6) is -0.129. The van der Waals surface area contributed by atoms with Crippen LogP contribution in [0.3, 0.4) is 0 Å². The smallest absolute Gasteiger partial charge is 0.256 e. The van der Waals surface area contributed by atoms with Crippen LogP contribution in [-0.2, 0) is 9.63 Å². The number of rotatable bonds is 0. The highest BCUT2D eigenvalue weighted by Crippen LogP contribution is 1.99. The van der Waals surface area contributed by atoms with Crippen molar-refractivity contribution in [2.75, 3.05) is 0 Å². The third kappa shape index (κ3) is 1.32. The first kappa shape index (κ1) is 5.88. The van der Waals surface area contributed by atoms with Gasteiger partial charge in [-0.1, -0.05) is 0 Å². The molecule has 0 aliphatic carbocycles. The van der Waals surface area contributed by atoms with Crippen molar-refractivity contribution in [3.63, 3.8) is 0 Å². The highest BCUT2D eigenvalue weighted by Gasteiger charge is 2.03. The molecule has 0 N–H and O–H groups in total. The van der Waals surface area contributed by atoms with E-state index in [4.69, 9.17) is 4.84 Å². The van der Waals surface area contributed by atoms with Crippen molar-refractivity contribution in [1.29, 1.82) is 0 Å². The van der Waals surface area contributed by atoms with Crippen molar-refractivity contribution < 1.29 is 9.63 Å². The molecular weight excluding hydrogens is 118 g/mol. The van der Waals surface area contributed by atoms with E-state index >= 15 is 0 Å². The minimum absolute atomic E-state index is 0.129. The first-order valence-electron chi connectivity index (χ1n) is 2.60. The molecule has 0 saturated carbocycles. The van der Waals surface area contributed by atoms with E-state index in [9.17, 15) is 4.79 Å². The van der Waals surface area contributed by atoms with Crippen molar-refractivity contribution in [3.8, 4) is 0 Å². The first-order chi connectivity index (χ1) is 4.30. The highest BCUT2D eigenvalue weighted by atomic mass is 16.7. The number of carbonyl (C=O) groups excluding carboxylic acids is 1. The summed E-state index contributed by atoms with van der Waals surface area (Å²) in [7, 11) is 0.